The molecule has 0 saturated heterocycles. The summed E-state index contributed by atoms with van der Waals surface area (Å²) in [7, 11) is 1.35. The fourth-order valence-corrected chi connectivity index (χ4v) is 3.69. The molecular weight excluding hydrogens is 324 g/mol. The summed E-state index contributed by atoms with van der Waals surface area (Å²) in [5.74, 6) is -0.593. The van der Waals surface area contributed by atoms with Crippen molar-refractivity contribution in [2.24, 2.45) is 0 Å². The number of rotatable bonds is 5. The molecule has 1 amide bonds. The second-order valence-electron chi connectivity index (χ2n) is 5.35. The van der Waals surface area contributed by atoms with Crippen molar-refractivity contribution in [1.82, 2.24) is 4.57 Å². The van der Waals surface area contributed by atoms with Gasteiger partial charge in [0.05, 0.1) is 7.11 Å². The molecular formula is C18H18N2O3S. The van der Waals surface area contributed by atoms with Crippen LogP contribution in [0.4, 0.5) is 5.69 Å². The number of benzene rings is 1. The molecule has 0 saturated carbocycles. The van der Waals surface area contributed by atoms with Gasteiger partial charge in [-0.05, 0) is 36.1 Å². The Hall–Kier alpha value is -2.60. The van der Waals surface area contributed by atoms with E-state index in [1.807, 2.05) is 48.7 Å². The van der Waals surface area contributed by atoms with E-state index in [1.54, 1.807) is 10.6 Å². The van der Waals surface area contributed by atoms with E-state index in [-0.39, 0.29) is 5.91 Å². The van der Waals surface area contributed by atoms with Crippen molar-refractivity contribution in [3.63, 3.8) is 0 Å². The molecule has 0 spiro atoms. The molecule has 1 atom stereocenters. The van der Waals surface area contributed by atoms with Crippen LogP contribution >= 0.6 is 11.3 Å². The SMILES string of the molecule is CC[C@@H](C(=O)Nc1ccccc1)n1c(C(=O)OC)cc2ccsc21. The van der Waals surface area contributed by atoms with Crippen LogP contribution in [-0.4, -0.2) is 23.6 Å². The number of thiophene rings is 1. The van der Waals surface area contributed by atoms with Crippen molar-refractivity contribution < 1.29 is 14.3 Å². The van der Waals surface area contributed by atoms with E-state index >= 15 is 0 Å². The van der Waals surface area contributed by atoms with Gasteiger partial charge < -0.3 is 14.6 Å². The summed E-state index contributed by atoms with van der Waals surface area (Å²) >= 11 is 1.51. The second kappa shape index (κ2) is 6.88. The standard InChI is InChI=1S/C18H18N2O3S/c1-3-14(16(21)19-13-7-5-4-6-8-13)20-15(18(22)23-2)11-12-9-10-24-17(12)20/h4-11,14H,3H2,1-2H3,(H,19,21)/t14-/m0/s1. The molecule has 2 aromatic heterocycles. The molecule has 6 heteroatoms. The van der Waals surface area contributed by atoms with Crippen molar-refractivity contribution in [2.45, 2.75) is 19.4 Å². The molecule has 124 valence electrons. The minimum atomic E-state index is -0.490. The number of nitrogens with zero attached hydrogens (tertiary/aromatic N) is 1. The van der Waals surface area contributed by atoms with Gasteiger partial charge in [0.1, 0.15) is 16.6 Å². The average molecular weight is 342 g/mol. The van der Waals surface area contributed by atoms with E-state index < -0.39 is 12.0 Å². The minimum Gasteiger partial charge on any atom is -0.464 e. The third-order valence-corrected chi connectivity index (χ3v) is 4.81. The first kappa shape index (κ1) is 16.3. The Labute approximate surface area is 143 Å². The lowest BCUT2D eigenvalue weighted by Crippen LogP contribution is -2.27. The van der Waals surface area contributed by atoms with Crippen LogP contribution in [0.15, 0.2) is 47.8 Å². The highest BCUT2D eigenvalue weighted by Gasteiger charge is 2.27. The van der Waals surface area contributed by atoms with E-state index in [0.717, 1.165) is 15.9 Å². The highest BCUT2D eigenvalue weighted by Crippen LogP contribution is 2.31. The Morgan fingerprint density at radius 3 is 2.67 bits per heavy atom. The molecule has 0 bridgehead atoms. The summed E-state index contributed by atoms with van der Waals surface area (Å²) < 4.78 is 6.66. The van der Waals surface area contributed by atoms with Crippen LogP contribution in [0.25, 0.3) is 10.2 Å². The fourth-order valence-electron chi connectivity index (χ4n) is 2.75. The number of esters is 1. The molecule has 24 heavy (non-hydrogen) atoms. The summed E-state index contributed by atoms with van der Waals surface area (Å²) in [4.78, 5) is 25.8. The zero-order valence-corrected chi connectivity index (χ0v) is 14.3. The molecule has 0 unspecified atom stereocenters. The monoisotopic (exact) mass is 342 g/mol. The Kier molecular flexibility index (Phi) is 4.66. The van der Waals surface area contributed by atoms with Crippen LogP contribution in [0.5, 0.6) is 0 Å². The van der Waals surface area contributed by atoms with Crippen molar-refractivity contribution in [1.29, 1.82) is 0 Å². The largest absolute Gasteiger partial charge is 0.464 e. The maximum absolute atomic E-state index is 12.8. The van der Waals surface area contributed by atoms with E-state index in [1.165, 1.54) is 18.4 Å². The van der Waals surface area contributed by atoms with Gasteiger partial charge in [-0.15, -0.1) is 11.3 Å². The predicted octanol–water partition coefficient (Wildman–Crippen LogP) is 4.08. The number of nitrogens with one attached hydrogen (secondary N) is 1. The molecule has 0 aliphatic carbocycles. The first-order valence-corrected chi connectivity index (χ1v) is 8.56. The van der Waals surface area contributed by atoms with Gasteiger partial charge in [0.2, 0.25) is 5.91 Å². The topological polar surface area (TPSA) is 60.3 Å². The van der Waals surface area contributed by atoms with Crippen LogP contribution in [-0.2, 0) is 9.53 Å². The van der Waals surface area contributed by atoms with Gasteiger partial charge in [0.15, 0.2) is 0 Å². The minimum absolute atomic E-state index is 0.153. The average Bonchev–Trinajstić information content (AvgIpc) is 3.18. The normalized spacial score (nSPS) is 12.1. The maximum Gasteiger partial charge on any atom is 0.354 e. The van der Waals surface area contributed by atoms with Crippen molar-refractivity contribution in [2.75, 3.05) is 12.4 Å². The van der Waals surface area contributed by atoms with E-state index in [0.29, 0.717) is 12.1 Å². The number of carbonyl (C=O) groups is 2. The lowest BCUT2D eigenvalue weighted by molar-refractivity contribution is -0.119. The van der Waals surface area contributed by atoms with E-state index in [9.17, 15) is 9.59 Å². The summed E-state index contributed by atoms with van der Waals surface area (Å²) in [5, 5.41) is 5.80. The molecule has 1 aromatic carbocycles. The summed E-state index contributed by atoms with van der Waals surface area (Å²) in [6.45, 7) is 1.93. The lowest BCUT2D eigenvalue weighted by Gasteiger charge is -2.19. The second-order valence-corrected chi connectivity index (χ2v) is 6.25. The van der Waals surface area contributed by atoms with Crippen LogP contribution in [0, 0.1) is 0 Å². The van der Waals surface area contributed by atoms with Crippen molar-refractivity contribution in [3.8, 4) is 0 Å². The Bertz CT molecular complexity index is 867. The maximum atomic E-state index is 12.8. The smallest absolute Gasteiger partial charge is 0.354 e. The first-order valence-electron chi connectivity index (χ1n) is 7.68. The molecule has 0 fully saturated rings. The van der Waals surface area contributed by atoms with Crippen LogP contribution < -0.4 is 5.32 Å². The van der Waals surface area contributed by atoms with Gasteiger partial charge >= 0.3 is 5.97 Å². The molecule has 1 N–H and O–H groups in total. The van der Waals surface area contributed by atoms with E-state index in [2.05, 4.69) is 5.32 Å². The molecule has 0 aliphatic heterocycles. The number of anilines is 1. The summed E-state index contributed by atoms with van der Waals surface area (Å²) in [5.41, 5.74) is 1.13. The van der Waals surface area contributed by atoms with Crippen molar-refractivity contribution in [3.05, 3.63) is 53.5 Å². The summed E-state index contributed by atoms with van der Waals surface area (Å²) in [6.07, 6.45) is 0.560. The third-order valence-electron chi connectivity index (χ3n) is 3.88. The fraction of sp³-hybridized carbons (Fsp3) is 0.222. The third kappa shape index (κ3) is 2.92. The number of aromatic nitrogens is 1. The van der Waals surface area contributed by atoms with Gasteiger partial charge in [-0.25, -0.2) is 4.79 Å². The van der Waals surface area contributed by atoms with Crippen molar-refractivity contribution >= 4 is 39.1 Å². The lowest BCUT2D eigenvalue weighted by atomic mass is 10.2. The van der Waals surface area contributed by atoms with Crippen LogP contribution in [0.3, 0.4) is 0 Å². The number of ether oxygens (including phenoxy) is 1. The number of amides is 1. The first-order chi connectivity index (χ1) is 11.7. The van der Waals surface area contributed by atoms with Gasteiger partial charge in [-0.2, -0.15) is 0 Å². The van der Waals surface area contributed by atoms with Crippen LogP contribution in [0.2, 0.25) is 0 Å². The zero-order chi connectivity index (χ0) is 17.1. The van der Waals surface area contributed by atoms with Gasteiger partial charge in [0.25, 0.3) is 0 Å². The Morgan fingerprint density at radius 1 is 1.25 bits per heavy atom. The van der Waals surface area contributed by atoms with Crippen LogP contribution in [0.1, 0.15) is 29.9 Å². The van der Waals surface area contributed by atoms with Gasteiger partial charge in [-0.3, -0.25) is 4.79 Å². The molecule has 2 heterocycles. The quantitative estimate of drug-likeness (QED) is 0.711. The zero-order valence-electron chi connectivity index (χ0n) is 13.5. The highest BCUT2D eigenvalue weighted by atomic mass is 32.1. The number of para-hydroxylation sites is 1. The number of methoxy groups -OCH3 is 1. The molecule has 0 radical (unpaired) electrons. The Morgan fingerprint density at radius 2 is 2.00 bits per heavy atom. The number of fused-ring (bicyclic) bond motifs is 1. The molecule has 0 aliphatic rings. The van der Waals surface area contributed by atoms with Gasteiger partial charge in [-0.1, -0.05) is 25.1 Å². The molecule has 3 aromatic rings. The van der Waals surface area contributed by atoms with Gasteiger partial charge in [0, 0.05) is 11.1 Å². The van der Waals surface area contributed by atoms with E-state index in [4.69, 9.17) is 4.74 Å². The molecule has 5 nitrogen and oxygen atoms in total. The number of carbonyl (C=O) groups excluding carboxylic acids is 2. The predicted molar refractivity (Wildman–Crippen MR) is 95.6 cm³/mol. The Balaban J connectivity index is 2.01. The number of hydrogen-bond acceptors (Lipinski definition) is 4. The highest BCUT2D eigenvalue weighted by molar-refractivity contribution is 7.16. The summed E-state index contributed by atoms with van der Waals surface area (Å²) in [6, 6.07) is 12.5. The number of hydrogen-bond donors (Lipinski definition) is 1. The molecule has 3 rings (SSSR count).